The number of nitrogens with zero attached hydrogens (tertiary/aromatic N) is 2. The summed E-state index contributed by atoms with van der Waals surface area (Å²) in [5.74, 6) is 1.71. The molecule has 6 heteroatoms. The van der Waals surface area contributed by atoms with E-state index >= 15 is 0 Å². The number of halogens is 1. The standard InChI is InChI=1S/C15H18ClN3OS/c1-2-7-19-15(10(16)8-18-19)14(17)12-9-21-13-6-4-3-5-11(13)20-12/h3-6,8,12,14H,2,7,9,17H2,1H3. The molecule has 0 spiro atoms. The van der Waals surface area contributed by atoms with Crippen molar-refractivity contribution in [3.63, 3.8) is 0 Å². The van der Waals surface area contributed by atoms with Gasteiger partial charge in [0.15, 0.2) is 0 Å². The monoisotopic (exact) mass is 323 g/mol. The molecule has 1 aromatic carbocycles. The van der Waals surface area contributed by atoms with E-state index in [0.717, 1.165) is 35.1 Å². The third-order valence-corrected chi connectivity index (χ3v) is 4.95. The maximum absolute atomic E-state index is 6.42. The zero-order chi connectivity index (χ0) is 14.8. The van der Waals surface area contributed by atoms with Crippen molar-refractivity contribution in [2.75, 3.05) is 5.75 Å². The summed E-state index contributed by atoms with van der Waals surface area (Å²) >= 11 is 8.04. The molecule has 0 saturated heterocycles. The molecule has 0 radical (unpaired) electrons. The van der Waals surface area contributed by atoms with Gasteiger partial charge in [0.25, 0.3) is 0 Å². The molecule has 21 heavy (non-hydrogen) atoms. The summed E-state index contributed by atoms with van der Waals surface area (Å²) in [6.45, 7) is 2.92. The van der Waals surface area contributed by atoms with Crippen LogP contribution in [0.25, 0.3) is 0 Å². The fourth-order valence-electron chi connectivity index (χ4n) is 2.48. The maximum atomic E-state index is 6.42. The minimum Gasteiger partial charge on any atom is -0.486 e. The van der Waals surface area contributed by atoms with Crippen molar-refractivity contribution in [2.24, 2.45) is 5.73 Å². The molecule has 2 unspecified atom stereocenters. The summed E-state index contributed by atoms with van der Waals surface area (Å²) < 4.78 is 7.95. The number of aryl methyl sites for hydroxylation is 1. The van der Waals surface area contributed by atoms with Crippen LogP contribution in [0.15, 0.2) is 35.4 Å². The third kappa shape index (κ3) is 2.91. The molecule has 4 nitrogen and oxygen atoms in total. The van der Waals surface area contributed by atoms with E-state index in [2.05, 4.69) is 18.1 Å². The van der Waals surface area contributed by atoms with Gasteiger partial charge in [-0.2, -0.15) is 5.10 Å². The van der Waals surface area contributed by atoms with Crippen molar-refractivity contribution < 1.29 is 4.74 Å². The molecule has 3 rings (SSSR count). The summed E-state index contributed by atoms with van der Waals surface area (Å²) in [4.78, 5) is 1.16. The number of ether oxygens (including phenoxy) is 1. The number of fused-ring (bicyclic) bond motifs is 1. The molecule has 0 fully saturated rings. The highest BCUT2D eigenvalue weighted by Crippen LogP contribution is 2.38. The average Bonchev–Trinajstić information content (AvgIpc) is 2.87. The molecule has 0 amide bonds. The topological polar surface area (TPSA) is 53.1 Å². The second-order valence-electron chi connectivity index (χ2n) is 5.04. The zero-order valence-corrected chi connectivity index (χ0v) is 13.4. The first kappa shape index (κ1) is 14.8. The van der Waals surface area contributed by atoms with Gasteiger partial charge in [-0.25, -0.2) is 0 Å². The lowest BCUT2D eigenvalue weighted by Crippen LogP contribution is -2.37. The van der Waals surface area contributed by atoms with Crippen LogP contribution in [0.2, 0.25) is 5.02 Å². The highest BCUT2D eigenvalue weighted by atomic mass is 35.5. The highest BCUT2D eigenvalue weighted by molar-refractivity contribution is 7.99. The Morgan fingerprint density at radius 1 is 1.52 bits per heavy atom. The fraction of sp³-hybridized carbons (Fsp3) is 0.400. The number of aromatic nitrogens is 2. The highest BCUT2D eigenvalue weighted by Gasteiger charge is 2.30. The van der Waals surface area contributed by atoms with E-state index in [0.29, 0.717) is 5.02 Å². The Kier molecular flexibility index (Phi) is 4.42. The van der Waals surface area contributed by atoms with Gasteiger partial charge in [-0.05, 0) is 18.6 Å². The summed E-state index contributed by atoms with van der Waals surface area (Å²) in [5, 5.41) is 4.92. The van der Waals surface area contributed by atoms with Gasteiger partial charge in [-0.15, -0.1) is 11.8 Å². The number of hydrogen-bond acceptors (Lipinski definition) is 4. The molecule has 2 atom stereocenters. The van der Waals surface area contributed by atoms with Crippen molar-refractivity contribution >= 4 is 23.4 Å². The van der Waals surface area contributed by atoms with E-state index in [1.165, 1.54) is 0 Å². The Balaban J connectivity index is 1.84. The molecule has 0 bridgehead atoms. The molecule has 2 heterocycles. The van der Waals surface area contributed by atoms with Crippen molar-refractivity contribution in [3.05, 3.63) is 41.2 Å². The SMILES string of the molecule is CCCn1ncc(Cl)c1C(N)C1CSc2ccccc2O1. The maximum Gasteiger partial charge on any atom is 0.133 e. The van der Waals surface area contributed by atoms with E-state index in [4.69, 9.17) is 22.1 Å². The molecular weight excluding hydrogens is 306 g/mol. The number of thioether (sulfide) groups is 1. The van der Waals surface area contributed by atoms with Crippen LogP contribution in [0.4, 0.5) is 0 Å². The van der Waals surface area contributed by atoms with E-state index in [1.807, 2.05) is 22.9 Å². The van der Waals surface area contributed by atoms with Crippen molar-refractivity contribution in [1.82, 2.24) is 9.78 Å². The lowest BCUT2D eigenvalue weighted by molar-refractivity contribution is 0.181. The lowest BCUT2D eigenvalue weighted by Gasteiger charge is -2.30. The Morgan fingerprint density at radius 2 is 2.33 bits per heavy atom. The van der Waals surface area contributed by atoms with Gasteiger partial charge < -0.3 is 10.5 Å². The second kappa shape index (κ2) is 6.30. The molecule has 112 valence electrons. The predicted molar refractivity (Wildman–Crippen MR) is 86.0 cm³/mol. The second-order valence-corrected chi connectivity index (χ2v) is 6.51. The quantitative estimate of drug-likeness (QED) is 0.935. The van der Waals surface area contributed by atoms with E-state index < -0.39 is 0 Å². The Hall–Kier alpha value is -1.17. The van der Waals surface area contributed by atoms with Crippen LogP contribution >= 0.6 is 23.4 Å². The largest absolute Gasteiger partial charge is 0.486 e. The first-order valence-electron chi connectivity index (χ1n) is 7.06. The number of benzene rings is 1. The van der Waals surface area contributed by atoms with Gasteiger partial charge in [0.05, 0.1) is 23.0 Å². The molecule has 1 aromatic heterocycles. The van der Waals surface area contributed by atoms with E-state index in [-0.39, 0.29) is 12.1 Å². The molecule has 2 N–H and O–H groups in total. The summed E-state index contributed by atoms with van der Waals surface area (Å²) in [6, 6.07) is 7.75. The van der Waals surface area contributed by atoms with Crippen LogP contribution in [0.3, 0.4) is 0 Å². The molecule has 0 aliphatic carbocycles. The number of nitrogens with two attached hydrogens (primary N) is 1. The first-order chi connectivity index (χ1) is 10.2. The van der Waals surface area contributed by atoms with Gasteiger partial charge in [0, 0.05) is 17.2 Å². The van der Waals surface area contributed by atoms with E-state index in [9.17, 15) is 0 Å². The molecule has 1 aliphatic rings. The van der Waals surface area contributed by atoms with E-state index in [1.54, 1.807) is 18.0 Å². The number of hydrogen-bond donors (Lipinski definition) is 1. The number of rotatable bonds is 4. The van der Waals surface area contributed by atoms with Crippen LogP contribution in [0.5, 0.6) is 5.75 Å². The average molecular weight is 324 g/mol. The number of para-hydroxylation sites is 1. The van der Waals surface area contributed by atoms with Crippen LogP contribution in [-0.2, 0) is 6.54 Å². The van der Waals surface area contributed by atoms with Gasteiger partial charge >= 0.3 is 0 Å². The smallest absolute Gasteiger partial charge is 0.133 e. The molecule has 1 aliphatic heterocycles. The van der Waals surface area contributed by atoms with Gasteiger partial charge in [-0.1, -0.05) is 30.7 Å². The molecule has 0 saturated carbocycles. The summed E-state index contributed by atoms with van der Waals surface area (Å²) in [7, 11) is 0. The van der Waals surface area contributed by atoms with Crippen LogP contribution in [-0.4, -0.2) is 21.6 Å². The van der Waals surface area contributed by atoms with Crippen LogP contribution < -0.4 is 10.5 Å². The van der Waals surface area contributed by atoms with Gasteiger partial charge in [0.2, 0.25) is 0 Å². The van der Waals surface area contributed by atoms with Gasteiger partial charge in [0.1, 0.15) is 11.9 Å². The van der Waals surface area contributed by atoms with Crippen molar-refractivity contribution in [2.45, 2.75) is 36.9 Å². The minimum absolute atomic E-state index is 0.102. The zero-order valence-electron chi connectivity index (χ0n) is 11.8. The first-order valence-corrected chi connectivity index (χ1v) is 8.42. The summed E-state index contributed by atoms with van der Waals surface area (Å²) in [5.41, 5.74) is 7.28. The molecule has 2 aromatic rings. The minimum atomic E-state index is -0.285. The normalized spacial score (nSPS) is 18.9. The summed E-state index contributed by atoms with van der Waals surface area (Å²) in [6.07, 6.45) is 2.55. The van der Waals surface area contributed by atoms with Crippen molar-refractivity contribution in [1.29, 1.82) is 0 Å². The molecular formula is C15H18ClN3OS. The Morgan fingerprint density at radius 3 is 3.14 bits per heavy atom. The fourth-order valence-corrected chi connectivity index (χ4v) is 3.80. The third-order valence-electron chi connectivity index (χ3n) is 3.52. The Bertz CT molecular complexity index is 631. The Labute approximate surface area is 133 Å². The van der Waals surface area contributed by atoms with Crippen molar-refractivity contribution in [3.8, 4) is 5.75 Å². The predicted octanol–water partition coefficient (Wildman–Crippen LogP) is 3.50. The lowest BCUT2D eigenvalue weighted by atomic mass is 10.1. The van der Waals surface area contributed by atoms with Gasteiger partial charge in [-0.3, -0.25) is 4.68 Å². The van der Waals surface area contributed by atoms with Crippen LogP contribution in [0, 0.1) is 0 Å². The van der Waals surface area contributed by atoms with Crippen LogP contribution in [0.1, 0.15) is 25.1 Å².